The molecule has 3 heterocycles. The van der Waals surface area contributed by atoms with Crippen LogP contribution in [-0.4, -0.2) is 57.5 Å². The van der Waals surface area contributed by atoms with Crippen LogP contribution in [-0.2, 0) is 6.42 Å². The third-order valence-electron chi connectivity index (χ3n) is 6.56. The molecule has 4 rings (SSSR count). The van der Waals surface area contributed by atoms with E-state index in [9.17, 15) is 0 Å². The van der Waals surface area contributed by atoms with E-state index in [-0.39, 0.29) is 0 Å². The molecule has 4 N–H and O–H groups in total. The molecule has 0 spiro atoms. The monoisotopic (exact) mass is 450 g/mol. The number of aryl methyl sites for hydroxylation is 1. The first kappa shape index (κ1) is 24.7. The predicted octanol–water partition coefficient (Wildman–Crippen LogP) is 3.75. The van der Waals surface area contributed by atoms with Crippen molar-refractivity contribution in [2.24, 2.45) is 11.7 Å². The Labute approximate surface area is 197 Å². The van der Waals surface area contributed by atoms with E-state index in [1.807, 2.05) is 25.2 Å². The van der Waals surface area contributed by atoms with Crippen molar-refractivity contribution in [1.82, 2.24) is 29.8 Å². The van der Waals surface area contributed by atoms with E-state index in [0.29, 0.717) is 11.8 Å². The normalized spacial score (nSPS) is 16.5. The van der Waals surface area contributed by atoms with Crippen LogP contribution < -0.4 is 11.5 Å². The van der Waals surface area contributed by atoms with Gasteiger partial charge in [-0.3, -0.25) is 0 Å². The molecule has 1 aliphatic heterocycles. The van der Waals surface area contributed by atoms with E-state index in [2.05, 4.69) is 40.1 Å². The summed E-state index contributed by atoms with van der Waals surface area (Å²) in [5.74, 6) is 1.79. The molecule has 8 nitrogen and oxygen atoms in total. The second kappa shape index (κ2) is 11.2. The van der Waals surface area contributed by atoms with Crippen LogP contribution in [0.25, 0.3) is 23.7 Å². The second-order valence-corrected chi connectivity index (χ2v) is 8.62. The van der Waals surface area contributed by atoms with Gasteiger partial charge in [0.15, 0.2) is 0 Å². The molecule has 33 heavy (non-hydrogen) atoms. The molecular formula is C25H38N8. The molecule has 0 atom stereocenters. The molecule has 0 aromatic carbocycles. The number of hydrogen-bond donors (Lipinski definition) is 2. The highest BCUT2D eigenvalue weighted by molar-refractivity contribution is 5.74. The lowest BCUT2D eigenvalue weighted by Crippen LogP contribution is -2.27. The largest absolute Gasteiger partial charge is 0.383 e. The molecule has 2 aliphatic rings. The Morgan fingerprint density at radius 2 is 1.88 bits per heavy atom. The lowest BCUT2D eigenvalue weighted by Gasteiger charge is -2.18. The van der Waals surface area contributed by atoms with Crippen LogP contribution in [0.2, 0.25) is 0 Å². The first-order chi connectivity index (χ1) is 16.0. The minimum Gasteiger partial charge on any atom is -0.383 e. The summed E-state index contributed by atoms with van der Waals surface area (Å²) in [6.45, 7) is 8.77. The highest BCUT2D eigenvalue weighted by Crippen LogP contribution is 2.30. The zero-order valence-corrected chi connectivity index (χ0v) is 20.3. The van der Waals surface area contributed by atoms with Gasteiger partial charge in [0.25, 0.3) is 5.95 Å². The first-order valence-corrected chi connectivity index (χ1v) is 11.7. The summed E-state index contributed by atoms with van der Waals surface area (Å²) in [7, 11) is 5.53. The van der Waals surface area contributed by atoms with Crippen molar-refractivity contribution < 1.29 is 0 Å². The maximum absolute atomic E-state index is 6.33. The summed E-state index contributed by atoms with van der Waals surface area (Å²) < 4.78 is 1.75. The lowest BCUT2D eigenvalue weighted by atomic mass is 9.99. The van der Waals surface area contributed by atoms with E-state index >= 15 is 0 Å². The van der Waals surface area contributed by atoms with Gasteiger partial charge in [-0.25, -0.2) is 9.99 Å². The summed E-state index contributed by atoms with van der Waals surface area (Å²) in [4.78, 5) is 9.18. The fraction of sp³-hybridized carbons (Fsp3) is 0.480. The molecule has 1 aliphatic carbocycles. The van der Waals surface area contributed by atoms with Gasteiger partial charge in [0.2, 0.25) is 0 Å². The van der Waals surface area contributed by atoms with Crippen molar-refractivity contribution >= 4 is 23.5 Å². The SMILES string of the molecule is C=Cc1c(CCCC2CCCC2)nn(-c2ncc(C3=CN(C)N(C)C3)c(N)n2)c1C=C.CN. The number of nitrogen functional groups attached to an aromatic ring is 1. The Kier molecular flexibility index (Phi) is 8.41. The van der Waals surface area contributed by atoms with Crippen molar-refractivity contribution in [3.63, 3.8) is 0 Å². The molecule has 178 valence electrons. The first-order valence-electron chi connectivity index (χ1n) is 11.7. The van der Waals surface area contributed by atoms with E-state index < -0.39 is 0 Å². The molecule has 1 fully saturated rings. The lowest BCUT2D eigenvalue weighted by molar-refractivity contribution is 0.118. The number of nitrogens with zero attached hydrogens (tertiary/aromatic N) is 6. The summed E-state index contributed by atoms with van der Waals surface area (Å²) in [6.07, 6.45) is 16.3. The van der Waals surface area contributed by atoms with Crippen LogP contribution in [0.1, 0.15) is 61.0 Å². The molecule has 1 saturated carbocycles. The molecule has 2 aromatic heterocycles. The number of anilines is 1. The highest BCUT2D eigenvalue weighted by Gasteiger charge is 2.22. The van der Waals surface area contributed by atoms with Crippen molar-refractivity contribution in [3.8, 4) is 5.95 Å². The maximum atomic E-state index is 6.33. The van der Waals surface area contributed by atoms with Gasteiger partial charge in [0.1, 0.15) is 5.82 Å². The standard InChI is InChI=1S/C24H33N7.CH5N/c1-5-19-21(13-9-12-17-10-7-8-11-17)28-31(22(19)6-2)24-26-14-20(23(25)27-24)18-15-29(3)30(4)16-18;1-2/h5-6,14-15,17H,1-2,7-13,16H2,3-4H3,(H2,25,26,27);2H2,1H3. The number of hydrogen-bond acceptors (Lipinski definition) is 7. The number of aromatic nitrogens is 4. The minimum atomic E-state index is 0.452. The Morgan fingerprint density at radius 1 is 1.15 bits per heavy atom. The molecular weight excluding hydrogens is 412 g/mol. The van der Waals surface area contributed by atoms with Gasteiger partial charge in [-0.05, 0) is 37.5 Å². The third-order valence-corrected chi connectivity index (χ3v) is 6.56. The molecule has 0 saturated heterocycles. The topological polar surface area (TPSA) is 102 Å². The number of nitrogens with two attached hydrogens (primary N) is 2. The Morgan fingerprint density at radius 3 is 2.45 bits per heavy atom. The van der Waals surface area contributed by atoms with E-state index in [1.54, 1.807) is 17.0 Å². The molecule has 8 heteroatoms. The van der Waals surface area contributed by atoms with Crippen molar-refractivity contribution in [2.75, 3.05) is 33.4 Å². The molecule has 0 amide bonds. The van der Waals surface area contributed by atoms with Crippen LogP contribution >= 0.6 is 0 Å². The summed E-state index contributed by atoms with van der Waals surface area (Å²) in [5.41, 5.74) is 15.7. The van der Waals surface area contributed by atoms with Crippen LogP contribution in [0.15, 0.2) is 25.6 Å². The number of hydrazine groups is 1. The summed E-state index contributed by atoms with van der Waals surface area (Å²) in [5, 5.41) is 8.97. The van der Waals surface area contributed by atoms with Gasteiger partial charge < -0.3 is 16.5 Å². The van der Waals surface area contributed by atoms with Crippen molar-refractivity contribution in [3.05, 3.63) is 48.1 Å². The number of likely N-dealkylation sites (N-methyl/N-ethyl adjacent to an activating group) is 1. The molecule has 0 radical (unpaired) electrons. The molecule has 2 aromatic rings. The number of rotatable bonds is 8. The Balaban J connectivity index is 0.00000149. The Hall–Kier alpha value is -2.97. The van der Waals surface area contributed by atoms with Gasteiger partial charge in [-0.2, -0.15) is 14.8 Å². The Bertz CT molecular complexity index is 1000. The van der Waals surface area contributed by atoms with Crippen LogP contribution in [0, 0.1) is 5.92 Å². The highest BCUT2D eigenvalue weighted by atomic mass is 15.6. The average Bonchev–Trinajstić information content (AvgIpc) is 3.54. The van der Waals surface area contributed by atoms with Crippen LogP contribution in [0.3, 0.4) is 0 Å². The van der Waals surface area contributed by atoms with Gasteiger partial charge in [0, 0.05) is 44.2 Å². The summed E-state index contributed by atoms with van der Waals surface area (Å²) >= 11 is 0. The van der Waals surface area contributed by atoms with Gasteiger partial charge in [-0.1, -0.05) is 51.3 Å². The third kappa shape index (κ3) is 5.34. The van der Waals surface area contributed by atoms with E-state index in [1.165, 1.54) is 39.2 Å². The van der Waals surface area contributed by atoms with E-state index in [0.717, 1.165) is 53.4 Å². The minimum absolute atomic E-state index is 0.452. The van der Waals surface area contributed by atoms with Crippen LogP contribution in [0.5, 0.6) is 0 Å². The maximum Gasteiger partial charge on any atom is 0.253 e. The van der Waals surface area contributed by atoms with Gasteiger partial charge in [-0.15, -0.1) is 0 Å². The fourth-order valence-electron chi connectivity index (χ4n) is 4.72. The predicted molar refractivity (Wildman–Crippen MR) is 137 cm³/mol. The average molecular weight is 451 g/mol. The smallest absolute Gasteiger partial charge is 0.253 e. The van der Waals surface area contributed by atoms with Crippen LogP contribution in [0.4, 0.5) is 5.82 Å². The van der Waals surface area contributed by atoms with Crippen molar-refractivity contribution in [2.45, 2.75) is 44.9 Å². The molecule has 0 bridgehead atoms. The summed E-state index contributed by atoms with van der Waals surface area (Å²) in [6, 6.07) is 0. The van der Waals surface area contributed by atoms with Gasteiger partial charge >= 0.3 is 0 Å². The van der Waals surface area contributed by atoms with Crippen molar-refractivity contribution in [1.29, 1.82) is 0 Å². The quantitative estimate of drug-likeness (QED) is 0.631. The second-order valence-electron chi connectivity index (χ2n) is 8.62. The van der Waals surface area contributed by atoms with E-state index in [4.69, 9.17) is 10.8 Å². The fourth-order valence-corrected chi connectivity index (χ4v) is 4.72. The zero-order valence-electron chi connectivity index (χ0n) is 20.3. The van der Waals surface area contributed by atoms with Gasteiger partial charge in [0.05, 0.1) is 11.4 Å². The zero-order chi connectivity index (χ0) is 24.0. The molecule has 0 unspecified atom stereocenters.